The van der Waals surface area contributed by atoms with Gasteiger partial charge in [0.2, 0.25) is 0 Å². The Morgan fingerprint density at radius 2 is 1.93 bits per heavy atom. The van der Waals surface area contributed by atoms with Crippen molar-refractivity contribution >= 4 is 34.6 Å². The number of hydrogen-bond acceptors (Lipinski definition) is 8. The van der Waals surface area contributed by atoms with E-state index in [1.165, 1.54) is 30.5 Å². The summed E-state index contributed by atoms with van der Waals surface area (Å²) in [5.74, 6) is 1.33. The topological polar surface area (TPSA) is 91.7 Å². The van der Waals surface area contributed by atoms with Crippen molar-refractivity contribution in [3.8, 4) is 35.4 Å². The van der Waals surface area contributed by atoms with E-state index in [2.05, 4.69) is 27.8 Å². The molecule has 1 saturated carbocycles. The number of benzene rings is 2. The fourth-order valence-corrected chi connectivity index (χ4v) is 9.31. The molecular weight excluding hydrogens is 595 g/mol. The first-order valence-electron chi connectivity index (χ1n) is 15.5. The van der Waals surface area contributed by atoms with Gasteiger partial charge in [-0.2, -0.15) is 9.97 Å². The fraction of sp³-hybridized carbons (Fsp3) is 0.441. The van der Waals surface area contributed by atoms with E-state index in [1.54, 1.807) is 0 Å². The van der Waals surface area contributed by atoms with Crippen molar-refractivity contribution < 1.29 is 23.2 Å². The lowest BCUT2D eigenvalue weighted by Crippen LogP contribution is -2.50. The van der Waals surface area contributed by atoms with Gasteiger partial charge in [0.15, 0.2) is 5.82 Å². The van der Waals surface area contributed by atoms with E-state index in [0.717, 1.165) is 38.6 Å². The van der Waals surface area contributed by atoms with E-state index < -0.39 is 18.8 Å². The number of fused-ring (bicyclic) bond motifs is 3. The molecule has 0 radical (unpaired) electrons. The number of phenols is 1. The Bertz CT molecular complexity index is 1920. The first-order valence-corrected chi connectivity index (χ1v) is 18.0. The van der Waals surface area contributed by atoms with Gasteiger partial charge in [-0.3, -0.25) is 4.98 Å². The van der Waals surface area contributed by atoms with Gasteiger partial charge in [-0.1, -0.05) is 18.4 Å². The normalized spacial score (nSPS) is 23.3. The van der Waals surface area contributed by atoms with Crippen LogP contribution in [-0.2, 0) is 4.57 Å². The molecule has 45 heavy (non-hydrogen) atoms. The maximum absolute atomic E-state index is 16.8. The number of phenolic OH excluding ortho intramolecular Hbond substituents is 1. The lowest BCUT2D eigenvalue weighted by atomic mass is 9.76. The highest BCUT2D eigenvalue weighted by atomic mass is 31.2. The van der Waals surface area contributed by atoms with Crippen LogP contribution in [0.5, 0.6) is 11.8 Å². The predicted molar refractivity (Wildman–Crippen MR) is 173 cm³/mol. The summed E-state index contributed by atoms with van der Waals surface area (Å²) in [4.78, 5) is 18.3. The van der Waals surface area contributed by atoms with Gasteiger partial charge in [0, 0.05) is 54.0 Å². The molecule has 4 heterocycles. The van der Waals surface area contributed by atoms with Gasteiger partial charge in [0.25, 0.3) is 0 Å². The first kappa shape index (κ1) is 29.9. The van der Waals surface area contributed by atoms with Crippen LogP contribution in [0.15, 0.2) is 30.5 Å². The number of halogens is 2. The lowest BCUT2D eigenvalue weighted by Gasteiger charge is -2.44. The molecule has 8 nitrogen and oxygen atoms in total. The number of ether oxygens (including phenoxy) is 1. The molecule has 2 aliphatic heterocycles. The second-order valence-corrected chi connectivity index (χ2v) is 16.5. The van der Waals surface area contributed by atoms with Crippen LogP contribution in [-0.4, -0.2) is 83.3 Å². The van der Waals surface area contributed by atoms with Gasteiger partial charge in [-0.05, 0) is 69.5 Å². The summed E-state index contributed by atoms with van der Waals surface area (Å²) in [5, 5.41) is 11.6. The molecule has 2 aromatic heterocycles. The van der Waals surface area contributed by atoms with E-state index in [4.69, 9.17) is 16.1 Å². The minimum Gasteiger partial charge on any atom is -0.508 e. The Morgan fingerprint density at radius 3 is 2.71 bits per heavy atom. The van der Waals surface area contributed by atoms with Crippen LogP contribution < -0.4 is 9.64 Å². The van der Waals surface area contributed by atoms with E-state index in [0.29, 0.717) is 54.7 Å². The Hall–Kier alpha value is -3.80. The summed E-state index contributed by atoms with van der Waals surface area (Å²) in [5.41, 5.74) is -0.0229. The van der Waals surface area contributed by atoms with Crippen LogP contribution in [0.4, 0.5) is 14.6 Å². The van der Waals surface area contributed by atoms with Crippen LogP contribution in [0.1, 0.15) is 37.7 Å². The zero-order valence-electron chi connectivity index (χ0n) is 25.5. The van der Waals surface area contributed by atoms with Crippen molar-refractivity contribution in [2.24, 2.45) is 5.41 Å². The largest absolute Gasteiger partial charge is 0.508 e. The molecule has 2 aromatic carbocycles. The average molecular weight is 632 g/mol. The van der Waals surface area contributed by atoms with Crippen LogP contribution in [0.25, 0.3) is 32.9 Å². The third kappa shape index (κ3) is 5.20. The number of piperidine rings is 1. The SMILES string of the molecule is C#Cc1c(F)ccc2cc(O)cc(-c3ncc4c(N5CCP(C)(=O)CC5)nc(OC[C@]56CCC[C@H]5N(C)CCC6)nc4c3F)c12. The van der Waals surface area contributed by atoms with Crippen molar-refractivity contribution in [1.82, 2.24) is 19.9 Å². The third-order valence-corrected chi connectivity index (χ3v) is 12.4. The van der Waals surface area contributed by atoms with Crippen molar-refractivity contribution in [3.63, 3.8) is 0 Å². The van der Waals surface area contributed by atoms with Crippen LogP contribution in [0.3, 0.4) is 0 Å². The van der Waals surface area contributed by atoms with E-state index in [1.807, 2.05) is 11.6 Å². The average Bonchev–Trinajstić information content (AvgIpc) is 3.46. The molecule has 7 rings (SSSR count). The minimum atomic E-state index is -2.25. The van der Waals surface area contributed by atoms with Gasteiger partial charge in [0.05, 0.1) is 24.7 Å². The smallest absolute Gasteiger partial charge is 0.319 e. The van der Waals surface area contributed by atoms with Crippen LogP contribution in [0, 0.1) is 29.4 Å². The summed E-state index contributed by atoms with van der Waals surface area (Å²) < 4.78 is 50.7. The number of likely N-dealkylation sites (tertiary alicyclic amines) is 1. The molecule has 2 atom stereocenters. The van der Waals surface area contributed by atoms with Crippen LogP contribution in [0.2, 0.25) is 0 Å². The first-order chi connectivity index (χ1) is 21.6. The monoisotopic (exact) mass is 631 g/mol. The molecule has 0 bridgehead atoms. The highest BCUT2D eigenvalue weighted by Crippen LogP contribution is 2.48. The zero-order chi connectivity index (χ0) is 31.5. The molecule has 3 aliphatic rings. The van der Waals surface area contributed by atoms with Crippen LogP contribution >= 0.6 is 7.14 Å². The summed E-state index contributed by atoms with van der Waals surface area (Å²) in [7, 11) is -0.0753. The van der Waals surface area contributed by atoms with Gasteiger partial charge in [0.1, 0.15) is 28.6 Å². The van der Waals surface area contributed by atoms with Crippen molar-refractivity contribution in [3.05, 3.63) is 47.7 Å². The second-order valence-electron chi connectivity index (χ2n) is 13.0. The molecule has 0 spiro atoms. The Labute approximate surface area is 261 Å². The van der Waals surface area contributed by atoms with Gasteiger partial charge in [-0.15, -0.1) is 6.42 Å². The lowest BCUT2D eigenvalue weighted by molar-refractivity contribution is 0.0133. The molecule has 0 unspecified atom stereocenters. The number of pyridine rings is 1. The Balaban J connectivity index is 1.37. The third-order valence-electron chi connectivity index (χ3n) is 10.1. The fourth-order valence-electron chi connectivity index (χ4n) is 7.75. The van der Waals surface area contributed by atoms with Gasteiger partial charge >= 0.3 is 6.01 Å². The molecular formula is C34H36F2N5O3P. The molecule has 11 heteroatoms. The highest BCUT2D eigenvalue weighted by Gasteiger charge is 2.47. The summed E-state index contributed by atoms with van der Waals surface area (Å²) in [6.07, 6.45) is 13.7. The molecule has 4 aromatic rings. The molecule has 1 aliphatic carbocycles. The predicted octanol–water partition coefficient (Wildman–Crippen LogP) is 6.27. The summed E-state index contributed by atoms with van der Waals surface area (Å²) >= 11 is 0. The van der Waals surface area contributed by atoms with E-state index in [-0.39, 0.29) is 44.9 Å². The highest BCUT2D eigenvalue weighted by molar-refractivity contribution is 7.63. The number of aromatic nitrogens is 3. The maximum atomic E-state index is 16.8. The van der Waals surface area contributed by atoms with Crippen molar-refractivity contribution in [2.45, 2.75) is 38.1 Å². The van der Waals surface area contributed by atoms with E-state index >= 15 is 4.39 Å². The minimum absolute atomic E-state index is 0.00152. The second kappa shape index (κ2) is 11.2. The van der Waals surface area contributed by atoms with E-state index in [9.17, 15) is 14.1 Å². The molecule has 3 fully saturated rings. The number of nitrogens with zero attached hydrogens (tertiary/aromatic N) is 5. The number of rotatable bonds is 5. The number of terminal acetylenes is 1. The summed E-state index contributed by atoms with van der Waals surface area (Å²) in [6, 6.07) is 5.99. The summed E-state index contributed by atoms with van der Waals surface area (Å²) in [6.45, 7) is 4.31. The Morgan fingerprint density at radius 1 is 1.16 bits per heavy atom. The molecule has 1 N–H and O–H groups in total. The number of hydrogen-bond donors (Lipinski definition) is 1. The van der Waals surface area contributed by atoms with Gasteiger partial charge < -0.3 is 24.2 Å². The van der Waals surface area contributed by atoms with Gasteiger partial charge in [-0.25, -0.2) is 8.78 Å². The molecule has 0 amide bonds. The zero-order valence-corrected chi connectivity index (χ0v) is 26.4. The Kier molecular flexibility index (Phi) is 7.45. The quantitative estimate of drug-likeness (QED) is 0.204. The number of anilines is 1. The molecule has 234 valence electrons. The van der Waals surface area contributed by atoms with Crippen molar-refractivity contribution in [1.29, 1.82) is 0 Å². The molecule has 2 saturated heterocycles. The van der Waals surface area contributed by atoms with Crippen molar-refractivity contribution in [2.75, 3.05) is 57.2 Å². The number of aromatic hydroxyl groups is 1. The standard InChI is InChI=1S/C34H36F2N5O3P/c1-4-23-26(35)9-8-21-17-22(42)18-24(28(21)23)30-29(36)31-25(19-37-30)32(41-13-15-45(3,43)16-14-41)39-33(38-31)44-20-34-10-5-7-27(34)40(2)12-6-11-34/h1,8-9,17-19,27,42H,5-7,10-16,20H2,2-3H3/t27-,34-/m1/s1. The maximum Gasteiger partial charge on any atom is 0.319 e.